The molecule has 0 bridgehead atoms. The third-order valence-corrected chi connectivity index (χ3v) is 10.8. The molecular formula is C48H53Cl3N10O5U. The Hall–Kier alpha value is -5.02. The Labute approximate surface area is 429 Å². The fraction of sp³-hybridized carbons (Fsp3) is 0.292. The van der Waals surface area contributed by atoms with Gasteiger partial charge in [-0.05, 0) is 109 Å². The second-order valence-corrected chi connectivity index (χ2v) is 15.7. The molecule has 0 atom stereocenters. The van der Waals surface area contributed by atoms with Gasteiger partial charge in [0.05, 0.1) is 43.7 Å². The molecule has 9 rings (SSSR count). The molecule has 3 saturated heterocycles. The standard InChI is InChI=1S/C22H22ClN5O2.C20H21N5O.C4H8O.C2H2Cl2O.U/c23-15-21(29)25-17-3-1-16(2-4-17)20-9-10-24-22(27-20)26-18-5-7-19(8-6-18)28-11-13-30-14-12-28;21-16-3-1-15(2-4-16)19-9-10-22-20(24-19)23-17-5-7-18(8-6-17)25-11-13-26-14-12-25;1-2-4-5-3-1;3-1-2(4)5;/h1-10H,11-15H2,(H,25,29)(H,24,26,27);1-10H,11-14,21H2,(H,22,23,24);1-4H2;1H2;. The average molecular weight is 1190 g/mol. The summed E-state index contributed by atoms with van der Waals surface area (Å²) >= 11 is 15.1. The number of amides is 1. The fourth-order valence-electron chi connectivity index (χ4n) is 6.65. The Kier molecular flexibility index (Phi) is 22.9. The Balaban J connectivity index is 0.000000206. The molecule has 5 heterocycles. The molecule has 1 amide bonds. The number of alkyl halides is 2. The Morgan fingerprint density at radius 1 is 0.552 bits per heavy atom. The zero-order chi connectivity index (χ0) is 46.4. The SMILES string of the molecule is C1CCOC1.Nc1ccc(-c2ccnc(Nc3ccc(N4CCOCC4)cc3)n2)cc1.O=C(CCl)Nc1ccc(-c2ccnc(Nc3ccc(N4CCOCC4)cc3)n2)cc1.O=C(Cl)CCl.[U]. The van der Waals surface area contributed by atoms with Crippen molar-refractivity contribution in [3.05, 3.63) is 122 Å². The minimum absolute atomic E-state index is 0. The predicted molar refractivity (Wildman–Crippen MR) is 266 cm³/mol. The molecule has 350 valence electrons. The number of ether oxygens (including phenoxy) is 3. The zero-order valence-electron chi connectivity index (χ0n) is 36.9. The third kappa shape index (κ3) is 18.2. The summed E-state index contributed by atoms with van der Waals surface area (Å²) in [5, 5.41) is 8.73. The van der Waals surface area contributed by atoms with E-state index in [4.69, 9.17) is 54.7 Å². The van der Waals surface area contributed by atoms with E-state index in [1.807, 2.05) is 84.9 Å². The van der Waals surface area contributed by atoms with Crippen LogP contribution in [-0.4, -0.2) is 109 Å². The molecule has 15 nitrogen and oxygen atoms in total. The summed E-state index contributed by atoms with van der Waals surface area (Å²) in [6, 6.07) is 35.3. The van der Waals surface area contributed by atoms with Gasteiger partial charge in [0.15, 0.2) is 0 Å². The van der Waals surface area contributed by atoms with Crippen LogP contribution in [-0.2, 0) is 23.8 Å². The summed E-state index contributed by atoms with van der Waals surface area (Å²) in [7, 11) is 0. The molecule has 2 aromatic heterocycles. The minimum Gasteiger partial charge on any atom is -0.399 e. The average Bonchev–Trinajstić information content (AvgIpc) is 3.97. The first-order chi connectivity index (χ1) is 32.3. The van der Waals surface area contributed by atoms with Gasteiger partial charge < -0.3 is 45.7 Å². The van der Waals surface area contributed by atoms with Crippen molar-refractivity contribution in [1.82, 2.24) is 19.9 Å². The Bertz CT molecular complexity index is 2380. The monoisotopic (exact) mass is 1190 g/mol. The number of nitrogens with two attached hydrogens (primary N) is 1. The van der Waals surface area contributed by atoms with Gasteiger partial charge in [-0.1, -0.05) is 24.3 Å². The predicted octanol–water partition coefficient (Wildman–Crippen LogP) is 8.99. The number of hydrogen-bond acceptors (Lipinski definition) is 14. The number of nitrogens with one attached hydrogen (secondary N) is 3. The number of benzene rings is 4. The molecule has 5 N–H and O–H groups in total. The van der Waals surface area contributed by atoms with Crippen LogP contribution in [0.15, 0.2) is 122 Å². The van der Waals surface area contributed by atoms with Crippen molar-refractivity contribution >= 4 is 92.0 Å². The topological polar surface area (TPSA) is 182 Å². The summed E-state index contributed by atoms with van der Waals surface area (Å²) in [5.41, 5.74) is 15.0. The van der Waals surface area contributed by atoms with Gasteiger partial charge in [-0.25, -0.2) is 19.9 Å². The number of nitrogens with zero attached hydrogens (tertiary/aromatic N) is 6. The molecular weight excluding hydrogens is 1140 g/mol. The Morgan fingerprint density at radius 3 is 1.31 bits per heavy atom. The number of carbonyl (C=O) groups is 2. The number of rotatable bonds is 11. The van der Waals surface area contributed by atoms with Gasteiger partial charge in [-0.15, -0.1) is 23.2 Å². The maximum Gasteiger partial charge on any atom is 0.239 e. The number of aromatic nitrogens is 4. The number of hydrogen-bond donors (Lipinski definition) is 4. The zero-order valence-corrected chi connectivity index (χ0v) is 43.3. The number of anilines is 8. The van der Waals surface area contributed by atoms with E-state index < -0.39 is 5.24 Å². The van der Waals surface area contributed by atoms with E-state index in [1.54, 1.807) is 12.4 Å². The quantitative estimate of drug-likeness (QED) is 0.0548. The van der Waals surface area contributed by atoms with Gasteiger partial charge in [-0.2, -0.15) is 0 Å². The van der Waals surface area contributed by atoms with E-state index in [2.05, 4.69) is 70.0 Å². The van der Waals surface area contributed by atoms with E-state index in [0.717, 1.165) is 105 Å². The molecule has 67 heavy (non-hydrogen) atoms. The van der Waals surface area contributed by atoms with Crippen LogP contribution in [0.1, 0.15) is 12.8 Å². The van der Waals surface area contributed by atoms with Crippen LogP contribution in [0.2, 0.25) is 0 Å². The van der Waals surface area contributed by atoms with Crippen molar-refractivity contribution in [2.45, 2.75) is 12.8 Å². The molecule has 0 saturated carbocycles. The first-order valence-corrected chi connectivity index (χ1v) is 22.9. The summed E-state index contributed by atoms with van der Waals surface area (Å²) in [4.78, 5) is 43.3. The van der Waals surface area contributed by atoms with Crippen LogP contribution < -0.4 is 31.5 Å². The van der Waals surface area contributed by atoms with Crippen molar-refractivity contribution in [3.63, 3.8) is 0 Å². The number of carbonyl (C=O) groups excluding carboxylic acids is 2. The first kappa shape index (κ1) is 52.9. The van der Waals surface area contributed by atoms with Crippen LogP contribution in [0, 0.1) is 31.1 Å². The molecule has 19 heteroatoms. The van der Waals surface area contributed by atoms with Gasteiger partial charge >= 0.3 is 0 Å². The summed E-state index contributed by atoms with van der Waals surface area (Å²) in [6.45, 7) is 8.77. The van der Waals surface area contributed by atoms with E-state index in [1.165, 1.54) is 24.2 Å². The maximum atomic E-state index is 11.4. The fourth-order valence-corrected chi connectivity index (χ4v) is 6.72. The molecule has 4 aromatic carbocycles. The van der Waals surface area contributed by atoms with Gasteiger partial charge in [-0.3, -0.25) is 9.59 Å². The summed E-state index contributed by atoms with van der Waals surface area (Å²) < 4.78 is 15.8. The number of morpholine rings is 2. The van der Waals surface area contributed by atoms with Gasteiger partial charge in [0.2, 0.25) is 23.0 Å². The second kappa shape index (κ2) is 29.0. The largest absolute Gasteiger partial charge is 0.399 e. The van der Waals surface area contributed by atoms with Gasteiger partial charge in [0.1, 0.15) is 5.88 Å². The van der Waals surface area contributed by atoms with Crippen LogP contribution in [0.25, 0.3) is 22.5 Å². The molecule has 3 aliphatic rings. The van der Waals surface area contributed by atoms with Crippen LogP contribution >= 0.6 is 34.8 Å². The van der Waals surface area contributed by atoms with Crippen LogP contribution in [0.3, 0.4) is 0 Å². The number of nitrogen functional groups attached to an aromatic ring is 1. The summed E-state index contributed by atoms with van der Waals surface area (Å²) in [6.07, 6.45) is 6.03. The van der Waals surface area contributed by atoms with Gasteiger partial charge in [0, 0.05) is 128 Å². The van der Waals surface area contributed by atoms with Crippen LogP contribution in [0.4, 0.5) is 46.0 Å². The molecule has 0 radical (unpaired) electrons. The van der Waals surface area contributed by atoms with Crippen molar-refractivity contribution < 1.29 is 54.9 Å². The Morgan fingerprint density at radius 2 is 0.940 bits per heavy atom. The maximum absolute atomic E-state index is 11.4. The van der Waals surface area contributed by atoms with Crippen LogP contribution in [0.5, 0.6) is 0 Å². The molecule has 0 spiro atoms. The van der Waals surface area contributed by atoms with E-state index in [-0.39, 0.29) is 48.8 Å². The smallest absolute Gasteiger partial charge is 0.239 e. The van der Waals surface area contributed by atoms with Crippen molar-refractivity contribution in [3.8, 4) is 22.5 Å². The van der Waals surface area contributed by atoms with E-state index >= 15 is 0 Å². The normalized spacial score (nSPS) is 14.0. The van der Waals surface area contributed by atoms with Crippen molar-refractivity contribution in [1.29, 1.82) is 0 Å². The molecule has 3 aliphatic heterocycles. The van der Waals surface area contributed by atoms with Crippen molar-refractivity contribution in [2.24, 2.45) is 0 Å². The minimum atomic E-state index is -0.508. The van der Waals surface area contributed by atoms with Crippen molar-refractivity contribution in [2.75, 3.05) is 109 Å². The third-order valence-electron chi connectivity index (χ3n) is 10.0. The summed E-state index contributed by atoms with van der Waals surface area (Å²) in [5.74, 6) is 0.680. The molecule has 0 aliphatic carbocycles. The molecule has 6 aromatic rings. The van der Waals surface area contributed by atoms with Gasteiger partial charge in [0.25, 0.3) is 0 Å². The first-order valence-electron chi connectivity index (χ1n) is 21.5. The van der Waals surface area contributed by atoms with E-state index in [9.17, 15) is 9.59 Å². The second-order valence-electron chi connectivity index (χ2n) is 14.8. The molecule has 3 fully saturated rings. The number of halogens is 3. The molecule has 0 unspecified atom stereocenters. The van der Waals surface area contributed by atoms with E-state index in [0.29, 0.717) is 17.6 Å².